The number of hydrogen-bond donors (Lipinski definition) is 2. The van der Waals surface area contributed by atoms with Crippen LogP contribution in [0.4, 0.5) is 17.2 Å². The molecule has 0 fully saturated rings. The summed E-state index contributed by atoms with van der Waals surface area (Å²) < 4.78 is 1.68. The Balaban J connectivity index is 2.37. The molecule has 0 radical (unpaired) electrons. The fourth-order valence-corrected chi connectivity index (χ4v) is 2.11. The molecule has 0 aliphatic carbocycles. The maximum absolute atomic E-state index is 5.92. The van der Waals surface area contributed by atoms with Gasteiger partial charge in [0.25, 0.3) is 0 Å². The molecule has 3 N–H and O–H groups in total. The van der Waals surface area contributed by atoms with Crippen LogP contribution in [-0.2, 0) is 7.05 Å². The Kier molecular flexibility index (Phi) is 3.17. The van der Waals surface area contributed by atoms with Crippen LogP contribution in [0.25, 0.3) is 0 Å². The lowest BCUT2D eigenvalue weighted by molar-refractivity contribution is 0.765. The number of rotatable bonds is 2. The van der Waals surface area contributed by atoms with Crippen molar-refractivity contribution in [3.63, 3.8) is 0 Å². The summed E-state index contributed by atoms with van der Waals surface area (Å²) in [4.78, 5) is 0. The number of benzene rings is 1. The summed E-state index contributed by atoms with van der Waals surface area (Å²) >= 11 is 11.8. The highest BCUT2D eigenvalue weighted by Gasteiger charge is 2.10. The van der Waals surface area contributed by atoms with Gasteiger partial charge in [0, 0.05) is 22.8 Å². The lowest BCUT2D eigenvalue weighted by atomic mass is 10.3. The van der Waals surface area contributed by atoms with Crippen molar-refractivity contribution in [3.05, 3.63) is 33.9 Å². The number of nitrogens with one attached hydrogen (secondary N) is 1. The molecule has 0 spiro atoms. The van der Waals surface area contributed by atoms with Crippen LogP contribution in [0.2, 0.25) is 10.0 Å². The fourth-order valence-electron chi connectivity index (χ4n) is 1.59. The first kappa shape index (κ1) is 12.1. The zero-order valence-corrected chi connectivity index (χ0v) is 11.0. The molecule has 1 heterocycles. The van der Waals surface area contributed by atoms with Gasteiger partial charge in [-0.25, -0.2) is 0 Å². The zero-order valence-electron chi connectivity index (χ0n) is 9.46. The van der Waals surface area contributed by atoms with Crippen molar-refractivity contribution < 1.29 is 0 Å². The summed E-state index contributed by atoms with van der Waals surface area (Å²) in [6.45, 7) is 1.85. The summed E-state index contributed by atoms with van der Waals surface area (Å²) in [6, 6.07) is 5.22. The molecule has 0 bridgehead atoms. The van der Waals surface area contributed by atoms with Crippen LogP contribution in [0.5, 0.6) is 0 Å². The molecular weight excluding hydrogens is 259 g/mol. The second kappa shape index (κ2) is 4.47. The Labute approximate surface area is 109 Å². The van der Waals surface area contributed by atoms with E-state index in [9.17, 15) is 0 Å². The number of halogens is 2. The predicted molar refractivity (Wildman–Crippen MR) is 72.1 cm³/mol. The van der Waals surface area contributed by atoms with E-state index in [1.807, 2.05) is 14.0 Å². The monoisotopic (exact) mass is 270 g/mol. The van der Waals surface area contributed by atoms with Crippen molar-refractivity contribution in [3.8, 4) is 0 Å². The summed E-state index contributed by atoms with van der Waals surface area (Å²) in [5.41, 5.74) is 8.09. The van der Waals surface area contributed by atoms with E-state index in [1.54, 1.807) is 22.9 Å². The molecule has 17 heavy (non-hydrogen) atoms. The summed E-state index contributed by atoms with van der Waals surface area (Å²) in [5.74, 6) is 0.723. The molecule has 0 saturated carbocycles. The van der Waals surface area contributed by atoms with Crippen molar-refractivity contribution in [1.29, 1.82) is 0 Å². The molecule has 0 aliphatic heterocycles. The van der Waals surface area contributed by atoms with Gasteiger partial charge in [-0.3, -0.25) is 4.68 Å². The van der Waals surface area contributed by atoms with E-state index in [-0.39, 0.29) is 0 Å². The average Bonchev–Trinajstić information content (AvgIpc) is 2.44. The highest BCUT2D eigenvalue weighted by atomic mass is 35.5. The molecule has 6 heteroatoms. The summed E-state index contributed by atoms with van der Waals surface area (Å²) in [5, 5.41) is 8.50. The third-order valence-corrected chi connectivity index (χ3v) is 2.83. The highest BCUT2D eigenvalue weighted by Crippen LogP contribution is 2.28. The number of nitrogens with zero attached hydrogens (tertiary/aromatic N) is 2. The topological polar surface area (TPSA) is 55.9 Å². The second-order valence-corrected chi connectivity index (χ2v) is 4.63. The second-order valence-electron chi connectivity index (χ2n) is 3.75. The van der Waals surface area contributed by atoms with Gasteiger partial charge in [-0.05, 0) is 25.1 Å². The van der Waals surface area contributed by atoms with Crippen molar-refractivity contribution in [2.75, 3.05) is 11.1 Å². The van der Waals surface area contributed by atoms with E-state index in [0.717, 1.165) is 17.2 Å². The van der Waals surface area contributed by atoms with Gasteiger partial charge in [-0.15, -0.1) is 0 Å². The number of aromatic nitrogens is 2. The van der Waals surface area contributed by atoms with Crippen LogP contribution in [0.15, 0.2) is 18.2 Å². The van der Waals surface area contributed by atoms with Crippen LogP contribution in [0.3, 0.4) is 0 Å². The minimum atomic E-state index is 0.567. The molecule has 2 rings (SSSR count). The summed E-state index contributed by atoms with van der Waals surface area (Å²) in [7, 11) is 1.82. The molecule has 90 valence electrons. The van der Waals surface area contributed by atoms with Crippen LogP contribution in [0.1, 0.15) is 5.69 Å². The molecule has 1 aromatic heterocycles. The normalized spacial score (nSPS) is 10.6. The lowest BCUT2D eigenvalue weighted by Crippen LogP contribution is -2.01. The van der Waals surface area contributed by atoms with Gasteiger partial charge >= 0.3 is 0 Å². The Morgan fingerprint density at radius 1 is 1.24 bits per heavy atom. The number of nitrogens with two attached hydrogens (primary N) is 1. The quantitative estimate of drug-likeness (QED) is 0.880. The van der Waals surface area contributed by atoms with Gasteiger partial charge < -0.3 is 11.1 Å². The van der Waals surface area contributed by atoms with E-state index in [4.69, 9.17) is 28.9 Å². The van der Waals surface area contributed by atoms with Gasteiger partial charge in [0.15, 0.2) is 5.82 Å². The zero-order chi connectivity index (χ0) is 12.6. The molecule has 0 atom stereocenters. The van der Waals surface area contributed by atoms with E-state index < -0.39 is 0 Å². The van der Waals surface area contributed by atoms with Crippen LogP contribution in [0, 0.1) is 6.92 Å². The Bertz CT molecular complexity index is 543. The van der Waals surface area contributed by atoms with E-state index in [2.05, 4.69) is 10.4 Å². The lowest BCUT2D eigenvalue weighted by Gasteiger charge is -2.08. The van der Waals surface area contributed by atoms with Crippen molar-refractivity contribution >= 4 is 40.4 Å². The van der Waals surface area contributed by atoms with Gasteiger partial charge in [0.1, 0.15) is 0 Å². The minimum absolute atomic E-state index is 0.567. The van der Waals surface area contributed by atoms with Crippen molar-refractivity contribution in [2.24, 2.45) is 7.05 Å². The molecule has 0 amide bonds. The Hall–Kier alpha value is -1.39. The van der Waals surface area contributed by atoms with Crippen LogP contribution >= 0.6 is 23.2 Å². The first-order valence-corrected chi connectivity index (χ1v) is 5.75. The maximum atomic E-state index is 5.92. The standard InChI is InChI=1S/C11H12Cl2N4/c1-6-10(14)11(17(2)16-6)15-9-4-7(12)3-8(13)5-9/h3-5,15H,14H2,1-2H3. The van der Waals surface area contributed by atoms with E-state index in [1.165, 1.54) is 0 Å². The molecule has 0 aliphatic rings. The number of anilines is 3. The molecule has 1 aromatic carbocycles. The van der Waals surface area contributed by atoms with Crippen LogP contribution < -0.4 is 11.1 Å². The Morgan fingerprint density at radius 3 is 2.29 bits per heavy atom. The van der Waals surface area contributed by atoms with Gasteiger partial charge in [0.05, 0.1) is 11.4 Å². The average molecular weight is 271 g/mol. The third-order valence-electron chi connectivity index (χ3n) is 2.39. The van der Waals surface area contributed by atoms with Gasteiger partial charge in [-0.2, -0.15) is 5.10 Å². The first-order valence-electron chi connectivity index (χ1n) is 4.99. The molecular formula is C11H12Cl2N4. The smallest absolute Gasteiger partial charge is 0.152 e. The largest absolute Gasteiger partial charge is 0.394 e. The fraction of sp³-hybridized carbons (Fsp3) is 0.182. The molecule has 4 nitrogen and oxygen atoms in total. The number of hydrogen-bond acceptors (Lipinski definition) is 3. The predicted octanol–water partition coefficient (Wildman–Crippen LogP) is 3.36. The van der Waals surface area contributed by atoms with Crippen molar-refractivity contribution in [1.82, 2.24) is 9.78 Å². The van der Waals surface area contributed by atoms with Crippen molar-refractivity contribution in [2.45, 2.75) is 6.92 Å². The van der Waals surface area contributed by atoms with Gasteiger partial charge in [-0.1, -0.05) is 23.2 Å². The molecule has 0 saturated heterocycles. The van der Waals surface area contributed by atoms with Gasteiger partial charge in [0.2, 0.25) is 0 Å². The number of nitrogen functional groups attached to an aromatic ring is 1. The SMILES string of the molecule is Cc1nn(C)c(Nc2cc(Cl)cc(Cl)c2)c1N. The van der Waals surface area contributed by atoms with Crippen LogP contribution in [-0.4, -0.2) is 9.78 Å². The maximum Gasteiger partial charge on any atom is 0.152 e. The third kappa shape index (κ3) is 2.48. The minimum Gasteiger partial charge on any atom is -0.394 e. The Morgan fingerprint density at radius 2 is 1.82 bits per heavy atom. The first-order chi connectivity index (χ1) is 7.97. The number of aryl methyl sites for hydroxylation is 2. The van der Waals surface area contributed by atoms with E-state index >= 15 is 0 Å². The molecule has 0 unspecified atom stereocenters. The van der Waals surface area contributed by atoms with E-state index in [0.29, 0.717) is 15.7 Å². The summed E-state index contributed by atoms with van der Waals surface area (Å²) in [6.07, 6.45) is 0. The highest BCUT2D eigenvalue weighted by molar-refractivity contribution is 6.35. The molecule has 2 aromatic rings.